The molecule has 0 unspecified atom stereocenters. The van der Waals surface area contributed by atoms with Gasteiger partial charge in [-0.3, -0.25) is 4.79 Å². The molecule has 0 atom stereocenters. The second-order valence-corrected chi connectivity index (χ2v) is 9.65. The van der Waals surface area contributed by atoms with Gasteiger partial charge in [-0.1, -0.05) is 23.7 Å². The van der Waals surface area contributed by atoms with Crippen molar-refractivity contribution in [3.05, 3.63) is 63.1 Å². The molecule has 0 saturated carbocycles. The van der Waals surface area contributed by atoms with Crippen LogP contribution in [0.5, 0.6) is 0 Å². The maximum atomic E-state index is 13.0. The molecular formula is C19H20BrClN2O4S. The fourth-order valence-corrected chi connectivity index (χ4v) is 5.53. The molecule has 6 nitrogen and oxygen atoms in total. The number of nitrogens with zero attached hydrogens (tertiary/aromatic N) is 2. The maximum absolute atomic E-state index is 13.0. The predicted octanol–water partition coefficient (Wildman–Crippen LogP) is 3.40. The van der Waals surface area contributed by atoms with Crippen molar-refractivity contribution in [3.63, 3.8) is 0 Å². The van der Waals surface area contributed by atoms with Gasteiger partial charge in [0.1, 0.15) is 0 Å². The van der Waals surface area contributed by atoms with Crippen molar-refractivity contribution in [2.24, 2.45) is 0 Å². The molecule has 0 aliphatic carbocycles. The number of carbonyl (C=O) groups excluding carboxylic acids is 1. The van der Waals surface area contributed by atoms with Crippen LogP contribution >= 0.6 is 27.5 Å². The van der Waals surface area contributed by atoms with E-state index in [4.69, 9.17) is 16.3 Å². The summed E-state index contributed by atoms with van der Waals surface area (Å²) >= 11 is 9.30. The lowest BCUT2D eigenvalue weighted by Gasteiger charge is -2.26. The monoisotopic (exact) mass is 486 g/mol. The molecule has 0 N–H and O–H groups in total. The summed E-state index contributed by atoms with van der Waals surface area (Å²) < 4.78 is 33.0. The summed E-state index contributed by atoms with van der Waals surface area (Å²) in [4.78, 5) is 14.5. The molecule has 1 aliphatic heterocycles. The van der Waals surface area contributed by atoms with Gasteiger partial charge < -0.3 is 9.64 Å². The average Bonchev–Trinajstić information content (AvgIpc) is 2.68. The minimum atomic E-state index is -3.72. The molecule has 0 radical (unpaired) electrons. The summed E-state index contributed by atoms with van der Waals surface area (Å²) in [5.41, 5.74) is 1.20. The summed E-state index contributed by atoms with van der Waals surface area (Å²) in [6, 6.07) is 11.9. The topological polar surface area (TPSA) is 66.9 Å². The van der Waals surface area contributed by atoms with Crippen LogP contribution in [0.1, 0.15) is 15.9 Å². The van der Waals surface area contributed by atoms with Crippen LogP contribution in [0.2, 0.25) is 5.02 Å². The third-order valence-corrected chi connectivity index (χ3v) is 7.55. The van der Waals surface area contributed by atoms with E-state index in [1.165, 1.54) is 15.3 Å². The van der Waals surface area contributed by atoms with Crippen LogP contribution in [-0.4, -0.2) is 56.9 Å². The Bertz CT molecular complexity index is 978. The molecule has 3 rings (SSSR count). The molecule has 1 aliphatic rings. The molecule has 0 aromatic heterocycles. The van der Waals surface area contributed by atoms with Crippen LogP contribution in [0.4, 0.5) is 0 Å². The van der Waals surface area contributed by atoms with Gasteiger partial charge >= 0.3 is 0 Å². The standard InChI is InChI=1S/C19H20BrClN2O4S/c1-22(13-14-3-2-4-16(21)11-14)19(24)15-5-6-17(20)18(12-15)28(25,26)23-7-9-27-10-8-23/h2-6,11-12H,7-10,13H2,1H3. The molecule has 2 aromatic rings. The number of rotatable bonds is 5. The van der Waals surface area contributed by atoms with Crippen LogP contribution in [0.25, 0.3) is 0 Å². The number of morpholine rings is 1. The zero-order valence-corrected chi connectivity index (χ0v) is 18.4. The summed E-state index contributed by atoms with van der Waals surface area (Å²) in [5, 5.41) is 0.598. The third kappa shape index (κ3) is 4.75. The van der Waals surface area contributed by atoms with Gasteiger partial charge in [0, 0.05) is 41.7 Å². The van der Waals surface area contributed by atoms with E-state index in [-0.39, 0.29) is 10.8 Å². The van der Waals surface area contributed by atoms with Crippen molar-refractivity contribution < 1.29 is 17.9 Å². The first-order valence-corrected chi connectivity index (χ1v) is 11.3. The van der Waals surface area contributed by atoms with Gasteiger partial charge in [0.15, 0.2) is 0 Å². The highest BCUT2D eigenvalue weighted by Crippen LogP contribution is 2.27. The number of halogens is 2. The minimum absolute atomic E-state index is 0.0800. The second-order valence-electron chi connectivity index (χ2n) is 6.45. The smallest absolute Gasteiger partial charge is 0.253 e. The molecule has 1 saturated heterocycles. The Kier molecular flexibility index (Phi) is 6.77. The Morgan fingerprint density at radius 2 is 1.93 bits per heavy atom. The third-order valence-electron chi connectivity index (χ3n) is 4.42. The van der Waals surface area contributed by atoms with Gasteiger partial charge in [-0.05, 0) is 51.8 Å². The molecule has 1 amide bonds. The first kappa shape index (κ1) is 21.3. The molecular weight excluding hydrogens is 468 g/mol. The van der Waals surface area contributed by atoms with E-state index in [0.29, 0.717) is 47.9 Å². The number of hydrogen-bond acceptors (Lipinski definition) is 4. The van der Waals surface area contributed by atoms with Crippen LogP contribution in [-0.2, 0) is 21.3 Å². The summed E-state index contributed by atoms with van der Waals surface area (Å²) in [6.45, 7) is 1.67. The molecule has 150 valence electrons. The fraction of sp³-hybridized carbons (Fsp3) is 0.316. The quantitative estimate of drug-likeness (QED) is 0.648. The number of carbonyl (C=O) groups is 1. The lowest BCUT2D eigenvalue weighted by Crippen LogP contribution is -2.40. The van der Waals surface area contributed by atoms with Crippen LogP contribution in [0.15, 0.2) is 51.8 Å². The van der Waals surface area contributed by atoms with E-state index in [1.807, 2.05) is 12.1 Å². The van der Waals surface area contributed by atoms with Gasteiger partial charge in [-0.2, -0.15) is 4.31 Å². The average molecular weight is 488 g/mol. The Morgan fingerprint density at radius 3 is 2.61 bits per heavy atom. The highest BCUT2D eigenvalue weighted by Gasteiger charge is 2.29. The van der Waals surface area contributed by atoms with Gasteiger partial charge in [0.25, 0.3) is 5.91 Å². The normalized spacial score (nSPS) is 15.4. The summed E-state index contributed by atoms with van der Waals surface area (Å²) in [7, 11) is -2.05. The molecule has 1 heterocycles. The van der Waals surface area contributed by atoms with Gasteiger partial charge in [-0.15, -0.1) is 0 Å². The molecule has 9 heteroatoms. The van der Waals surface area contributed by atoms with E-state index in [2.05, 4.69) is 15.9 Å². The van der Waals surface area contributed by atoms with Crippen LogP contribution in [0, 0.1) is 0 Å². The first-order chi connectivity index (χ1) is 13.3. The Hall–Kier alpha value is -1.45. The number of ether oxygens (including phenoxy) is 1. The zero-order valence-electron chi connectivity index (χ0n) is 15.3. The largest absolute Gasteiger partial charge is 0.379 e. The van der Waals surface area contributed by atoms with Gasteiger partial charge in [-0.25, -0.2) is 8.42 Å². The van der Waals surface area contributed by atoms with E-state index in [0.717, 1.165) is 5.56 Å². The highest BCUT2D eigenvalue weighted by atomic mass is 79.9. The summed E-state index contributed by atoms with van der Waals surface area (Å²) in [6.07, 6.45) is 0. The van der Waals surface area contributed by atoms with E-state index >= 15 is 0 Å². The number of amides is 1. The fourth-order valence-electron chi connectivity index (χ4n) is 2.96. The second kappa shape index (κ2) is 8.92. The minimum Gasteiger partial charge on any atom is -0.379 e. The van der Waals surface area contributed by atoms with Crippen LogP contribution < -0.4 is 0 Å². The Labute approximate surface area is 178 Å². The predicted molar refractivity (Wildman–Crippen MR) is 111 cm³/mol. The van der Waals surface area contributed by atoms with Crippen molar-refractivity contribution in [2.75, 3.05) is 33.4 Å². The number of benzene rings is 2. The SMILES string of the molecule is CN(Cc1cccc(Cl)c1)C(=O)c1ccc(Br)c(S(=O)(=O)N2CCOCC2)c1. The molecule has 2 aromatic carbocycles. The van der Waals surface area contributed by atoms with Crippen molar-refractivity contribution in [1.82, 2.24) is 9.21 Å². The molecule has 0 bridgehead atoms. The van der Waals surface area contributed by atoms with Crippen molar-refractivity contribution in [3.8, 4) is 0 Å². The summed E-state index contributed by atoms with van der Waals surface area (Å²) in [5.74, 6) is -0.272. The molecule has 28 heavy (non-hydrogen) atoms. The van der Waals surface area contributed by atoms with Crippen molar-refractivity contribution in [1.29, 1.82) is 0 Å². The van der Waals surface area contributed by atoms with E-state index < -0.39 is 10.0 Å². The Balaban J connectivity index is 1.84. The number of hydrogen-bond donors (Lipinski definition) is 0. The van der Waals surface area contributed by atoms with Crippen LogP contribution in [0.3, 0.4) is 0 Å². The highest BCUT2D eigenvalue weighted by molar-refractivity contribution is 9.10. The Morgan fingerprint density at radius 1 is 1.21 bits per heavy atom. The lowest BCUT2D eigenvalue weighted by atomic mass is 10.1. The van der Waals surface area contributed by atoms with Crippen molar-refractivity contribution in [2.45, 2.75) is 11.4 Å². The van der Waals surface area contributed by atoms with Gasteiger partial charge in [0.05, 0.1) is 18.1 Å². The lowest BCUT2D eigenvalue weighted by molar-refractivity contribution is 0.0730. The van der Waals surface area contributed by atoms with E-state index in [9.17, 15) is 13.2 Å². The molecule has 0 spiro atoms. The van der Waals surface area contributed by atoms with E-state index in [1.54, 1.807) is 31.3 Å². The van der Waals surface area contributed by atoms with Crippen molar-refractivity contribution >= 4 is 43.5 Å². The first-order valence-electron chi connectivity index (χ1n) is 8.66. The number of sulfonamides is 1. The molecule has 1 fully saturated rings. The van der Waals surface area contributed by atoms with Gasteiger partial charge in [0.2, 0.25) is 10.0 Å². The maximum Gasteiger partial charge on any atom is 0.253 e. The zero-order chi connectivity index (χ0) is 20.3.